The summed E-state index contributed by atoms with van der Waals surface area (Å²) >= 11 is 0. The number of hydrogen-bond acceptors (Lipinski definition) is 2. The van der Waals surface area contributed by atoms with Crippen molar-refractivity contribution in [1.29, 1.82) is 0 Å². The third-order valence-electron chi connectivity index (χ3n) is 0.167. The fourth-order valence-electron chi connectivity index (χ4n) is 0. The number of carbonyl (C=O) groups is 1. The van der Waals surface area contributed by atoms with E-state index in [2.05, 4.69) is 0 Å². The molecule has 0 saturated heterocycles. The quantitative estimate of drug-likeness (QED) is 0.255. The first-order valence-electron chi connectivity index (χ1n) is 1.17. The van der Waals surface area contributed by atoms with Crippen LogP contribution in [-0.2, 0) is 4.79 Å². The molecule has 0 aliphatic carbocycles. The molecule has 6 heavy (non-hydrogen) atoms. The second kappa shape index (κ2) is 5.90. The van der Waals surface area contributed by atoms with Crippen molar-refractivity contribution in [3.05, 3.63) is 0 Å². The predicted molar refractivity (Wildman–Crippen MR) is 19.6 cm³/mol. The van der Waals surface area contributed by atoms with Gasteiger partial charge in [0.25, 0.3) is 0 Å². The number of carboxylic acid groups (broad SMARTS) is 1. The summed E-state index contributed by atoms with van der Waals surface area (Å²) in [4.78, 5) is 9.24. The molecule has 0 amide bonds. The third kappa shape index (κ3) is 8.86. The molecule has 0 saturated carbocycles. The van der Waals surface area contributed by atoms with Crippen LogP contribution in [0.4, 0.5) is 0 Å². The van der Waals surface area contributed by atoms with Gasteiger partial charge in [0.05, 0.1) is 0 Å². The SMILES string of the molecule is O=C([O-])CP.[Na+]. The third-order valence-corrected chi connectivity index (χ3v) is 0.500. The standard InChI is InChI=1S/C2H5O2P.Na/c3-2(4)1-5;/h1,5H2,(H,3,4);/q;+1/p-1. The van der Waals surface area contributed by atoms with Crippen LogP contribution in [-0.4, -0.2) is 12.1 Å². The first kappa shape index (κ1) is 10.0. The molecule has 0 fully saturated rings. The first-order chi connectivity index (χ1) is 2.27. The van der Waals surface area contributed by atoms with Gasteiger partial charge in [-0.3, -0.25) is 0 Å². The largest absolute Gasteiger partial charge is 1.00 e. The maximum atomic E-state index is 9.24. The Balaban J connectivity index is 0. The number of hydrogen-bond donors (Lipinski definition) is 0. The van der Waals surface area contributed by atoms with Crippen molar-refractivity contribution in [3.8, 4) is 0 Å². The summed E-state index contributed by atoms with van der Waals surface area (Å²) in [7, 11) is 2.03. The van der Waals surface area contributed by atoms with Gasteiger partial charge in [0, 0.05) is 12.1 Å². The van der Waals surface area contributed by atoms with E-state index < -0.39 is 5.97 Å². The smallest absolute Gasteiger partial charge is 0.550 e. The van der Waals surface area contributed by atoms with Crippen LogP contribution in [0.25, 0.3) is 0 Å². The van der Waals surface area contributed by atoms with Crippen LogP contribution in [0.15, 0.2) is 0 Å². The van der Waals surface area contributed by atoms with Crippen molar-refractivity contribution < 1.29 is 39.5 Å². The molecule has 0 rings (SSSR count). The number of carbonyl (C=O) groups excluding carboxylic acids is 1. The monoisotopic (exact) mass is 114 g/mol. The molecular weight excluding hydrogens is 110 g/mol. The fourth-order valence-corrected chi connectivity index (χ4v) is 0. The van der Waals surface area contributed by atoms with Gasteiger partial charge in [-0.05, 0) is 0 Å². The summed E-state index contributed by atoms with van der Waals surface area (Å²) in [5.74, 6) is -1.03. The summed E-state index contributed by atoms with van der Waals surface area (Å²) in [6.07, 6.45) is 0.0278. The van der Waals surface area contributed by atoms with Crippen molar-refractivity contribution in [3.63, 3.8) is 0 Å². The van der Waals surface area contributed by atoms with Gasteiger partial charge in [0.1, 0.15) is 0 Å². The average molecular weight is 114 g/mol. The van der Waals surface area contributed by atoms with Crippen LogP contribution >= 0.6 is 9.24 Å². The topological polar surface area (TPSA) is 40.1 Å². The van der Waals surface area contributed by atoms with E-state index >= 15 is 0 Å². The first-order valence-corrected chi connectivity index (χ1v) is 1.99. The molecule has 30 valence electrons. The molecule has 0 aromatic carbocycles. The summed E-state index contributed by atoms with van der Waals surface area (Å²) in [5.41, 5.74) is 0. The molecule has 0 spiro atoms. The molecule has 1 atom stereocenters. The molecule has 1 unspecified atom stereocenters. The van der Waals surface area contributed by atoms with Crippen molar-refractivity contribution >= 4 is 15.2 Å². The number of carboxylic acids is 1. The van der Waals surface area contributed by atoms with Crippen LogP contribution in [0.3, 0.4) is 0 Å². The second-order valence-corrected chi connectivity index (χ2v) is 0.984. The van der Waals surface area contributed by atoms with E-state index in [4.69, 9.17) is 0 Å². The van der Waals surface area contributed by atoms with E-state index in [1.54, 1.807) is 0 Å². The van der Waals surface area contributed by atoms with E-state index in [1.807, 2.05) is 9.24 Å². The molecule has 0 radical (unpaired) electrons. The Hall–Kier alpha value is 0.900. The molecule has 0 aromatic rings. The Labute approximate surface area is 60.8 Å². The maximum Gasteiger partial charge on any atom is 1.00 e. The average Bonchev–Trinajstić information content (AvgIpc) is 1.38. The van der Waals surface area contributed by atoms with Gasteiger partial charge in [-0.25, -0.2) is 0 Å². The zero-order chi connectivity index (χ0) is 4.28. The minimum Gasteiger partial charge on any atom is -0.550 e. The van der Waals surface area contributed by atoms with Crippen molar-refractivity contribution in [2.45, 2.75) is 0 Å². The molecule has 0 aliphatic rings. The van der Waals surface area contributed by atoms with E-state index in [0.717, 1.165) is 0 Å². The minimum absolute atomic E-state index is 0. The Morgan fingerprint density at radius 2 is 2.00 bits per heavy atom. The molecule has 4 heteroatoms. The van der Waals surface area contributed by atoms with Gasteiger partial charge in [-0.2, -0.15) is 0 Å². The van der Waals surface area contributed by atoms with Crippen LogP contribution in [0.5, 0.6) is 0 Å². The van der Waals surface area contributed by atoms with Gasteiger partial charge >= 0.3 is 29.6 Å². The number of rotatable bonds is 1. The minimum atomic E-state index is -1.03. The van der Waals surface area contributed by atoms with Crippen molar-refractivity contribution in [2.24, 2.45) is 0 Å². The molecule has 0 aliphatic heterocycles. The van der Waals surface area contributed by atoms with Crippen molar-refractivity contribution in [2.75, 3.05) is 6.16 Å². The van der Waals surface area contributed by atoms with Gasteiger partial charge in [-0.15, -0.1) is 9.24 Å². The normalized spacial score (nSPS) is 6.17. The zero-order valence-electron chi connectivity index (χ0n) is 3.60. The molecule has 0 N–H and O–H groups in total. The summed E-state index contributed by atoms with van der Waals surface area (Å²) in [6, 6.07) is 0. The van der Waals surface area contributed by atoms with Crippen LogP contribution in [0.2, 0.25) is 0 Å². The van der Waals surface area contributed by atoms with Gasteiger partial charge in [-0.1, -0.05) is 0 Å². The fraction of sp³-hybridized carbons (Fsp3) is 0.500. The molecule has 0 heterocycles. The van der Waals surface area contributed by atoms with E-state index in [9.17, 15) is 9.90 Å². The second-order valence-electron chi connectivity index (χ2n) is 0.576. The number of aliphatic carboxylic acids is 1. The molecule has 0 bridgehead atoms. The Morgan fingerprint density at radius 3 is 2.00 bits per heavy atom. The van der Waals surface area contributed by atoms with Gasteiger partial charge in [0.2, 0.25) is 0 Å². The maximum absolute atomic E-state index is 9.24. The van der Waals surface area contributed by atoms with Gasteiger partial charge in [0.15, 0.2) is 0 Å². The van der Waals surface area contributed by atoms with E-state index in [1.165, 1.54) is 0 Å². The summed E-state index contributed by atoms with van der Waals surface area (Å²) in [5, 5.41) is 9.24. The predicted octanol–water partition coefficient (Wildman–Crippen LogP) is -4.38. The molecule has 0 aromatic heterocycles. The van der Waals surface area contributed by atoms with Crippen LogP contribution < -0.4 is 34.7 Å². The molecular formula is C2H4NaO2P. The van der Waals surface area contributed by atoms with E-state index in [0.29, 0.717) is 0 Å². The van der Waals surface area contributed by atoms with E-state index in [-0.39, 0.29) is 35.7 Å². The van der Waals surface area contributed by atoms with Crippen LogP contribution in [0, 0.1) is 0 Å². The summed E-state index contributed by atoms with van der Waals surface area (Å²) < 4.78 is 0. The van der Waals surface area contributed by atoms with Crippen molar-refractivity contribution in [1.82, 2.24) is 0 Å². The Bertz CT molecular complexity index is 46.8. The Morgan fingerprint density at radius 1 is 1.83 bits per heavy atom. The van der Waals surface area contributed by atoms with Gasteiger partial charge < -0.3 is 9.90 Å². The Kier molecular flexibility index (Phi) is 9.84. The zero-order valence-corrected chi connectivity index (χ0v) is 6.76. The molecule has 2 nitrogen and oxygen atoms in total. The summed E-state index contributed by atoms with van der Waals surface area (Å²) in [6.45, 7) is 0. The van der Waals surface area contributed by atoms with Crippen LogP contribution in [0.1, 0.15) is 0 Å².